The van der Waals surface area contributed by atoms with Crippen LogP contribution < -0.4 is 16.4 Å². The first-order valence-corrected chi connectivity index (χ1v) is 13.3. The van der Waals surface area contributed by atoms with E-state index in [0.29, 0.717) is 0 Å². The number of rotatable bonds is 12. The number of nitrogens with two attached hydrogens (primary N) is 1. The summed E-state index contributed by atoms with van der Waals surface area (Å²) in [5, 5.41) is 5.73. The maximum atomic E-state index is 14.2. The fraction of sp³-hybridized carbons (Fsp3) is 0.643. The molecule has 0 radical (unpaired) electrons. The normalized spacial score (nSPS) is 16.1. The van der Waals surface area contributed by atoms with Gasteiger partial charge in [0.15, 0.2) is 0 Å². The fourth-order valence-corrected chi connectivity index (χ4v) is 4.49. The third kappa shape index (κ3) is 9.05. The maximum Gasteiger partial charge on any atom is 0.408 e. The maximum absolute atomic E-state index is 14.2. The Balaban J connectivity index is 2.50. The van der Waals surface area contributed by atoms with E-state index >= 15 is 0 Å². The van der Waals surface area contributed by atoms with Crippen LogP contribution in [0.3, 0.4) is 0 Å². The van der Waals surface area contributed by atoms with Crippen LogP contribution in [-0.2, 0) is 19.1 Å². The van der Waals surface area contributed by atoms with Crippen LogP contribution in [-0.4, -0.2) is 52.4 Å². The zero-order valence-corrected chi connectivity index (χ0v) is 23.1. The van der Waals surface area contributed by atoms with Crippen LogP contribution in [0.4, 0.5) is 4.79 Å². The zero-order chi connectivity index (χ0) is 27.8. The number of nitrogens with one attached hydrogen (secondary N) is 2. The zero-order valence-electron chi connectivity index (χ0n) is 23.1. The predicted molar refractivity (Wildman–Crippen MR) is 143 cm³/mol. The number of ether oxygens (including phenoxy) is 1. The highest BCUT2D eigenvalue weighted by Gasteiger charge is 2.42. The van der Waals surface area contributed by atoms with Crippen LogP contribution in [0.25, 0.3) is 0 Å². The van der Waals surface area contributed by atoms with Gasteiger partial charge in [0.05, 0.1) is 0 Å². The Labute approximate surface area is 220 Å². The van der Waals surface area contributed by atoms with Gasteiger partial charge in [0.2, 0.25) is 17.7 Å². The second-order valence-corrected chi connectivity index (χ2v) is 11.0. The lowest BCUT2D eigenvalue weighted by Crippen LogP contribution is -2.58. The van der Waals surface area contributed by atoms with Crippen molar-refractivity contribution in [2.45, 2.75) is 116 Å². The van der Waals surface area contributed by atoms with Crippen molar-refractivity contribution in [3.05, 3.63) is 35.4 Å². The van der Waals surface area contributed by atoms with Crippen LogP contribution in [0, 0.1) is 6.92 Å². The van der Waals surface area contributed by atoms with E-state index in [1.54, 1.807) is 25.7 Å². The Morgan fingerprint density at radius 2 is 1.76 bits per heavy atom. The first kappa shape index (κ1) is 30.1. The van der Waals surface area contributed by atoms with Crippen molar-refractivity contribution in [3.8, 4) is 0 Å². The largest absolute Gasteiger partial charge is 0.444 e. The van der Waals surface area contributed by atoms with E-state index in [1.165, 1.54) is 0 Å². The van der Waals surface area contributed by atoms with Gasteiger partial charge in [0, 0.05) is 18.5 Å². The molecule has 0 heterocycles. The molecule has 9 nitrogen and oxygen atoms in total. The summed E-state index contributed by atoms with van der Waals surface area (Å²) in [6.45, 7) is 11.1. The molecule has 206 valence electrons. The molecule has 4 amide bonds. The summed E-state index contributed by atoms with van der Waals surface area (Å²) in [4.78, 5) is 53.8. The number of amides is 4. The van der Waals surface area contributed by atoms with Crippen molar-refractivity contribution in [2.75, 3.05) is 0 Å². The van der Waals surface area contributed by atoms with Crippen LogP contribution in [0.2, 0.25) is 0 Å². The first-order chi connectivity index (χ1) is 17.3. The van der Waals surface area contributed by atoms with Gasteiger partial charge in [-0.25, -0.2) is 4.79 Å². The van der Waals surface area contributed by atoms with Crippen molar-refractivity contribution in [1.82, 2.24) is 15.5 Å². The lowest BCUT2D eigenvalue weighted by molar-refractivity contribution is -0.148. The van der Waals surface area contributed by atoms with Crippen molar-refractivity contribution >= 4 is 23.8 Å². The molecule has 1 aromatic carbocycles. The number of aryl methyl sites for hydroxylation is 1. The Morgan fingerprint density at radius 3 is 2.27 bits per heavy atom. The van der Waals surface area contributed by atoms with E-state index in [2.05, 4.69) is 17.6 Å². The molecular formula is C28H44N4O5. The molecule has 0 bridgehead atoms. The lowest BCUT2D eigenvalue weighted by Gasteiger charge is -2.44. The van der Waals surface area contributed by atoms with Crippen molar-refractivity contribution < 1.29 is 23.9 Å². The molecule has 0 aromatic heterocycles. The van der Waals surface area contributed by atoms with Crippen LogP contribution in [0.15, 0.2) is 24.3 Å². The summed E-state index contributed by atoms with van der Waals surface area (Å²) in [5.41, 5.74) is 6.22. The molecule has 1 saturated carbocycles. The Bertz CT molecular complexity index is 954. The van der Waals surface area contributed by atoms with Crippen LogP contribution in [0.1, 0.15) is 96.7 Å². The monoisotopic (exact) mass is 516 g/mol. The number of hydrogen-bond acceptors (Lipinski definition) is 5. The molecule has 1 aliphatic carbocycles. The third-order valence-electron chi connectivity index (χ3n) is 6.51. The molecule has 3 unspecified atom stereocenters. The van der Waals surface area contributed by atoms with Gasteiger partial charge in [-0.3, -0.25) is 14.4 Å². The smallest absolute Gasteiger partial charge is 0.408 e. The molecule has 1 aliphatic rings. The van der Waals surface area contributed by atoms with Gasteiger partial charge in [0.1, 0.15) is 17.7 Å². The second-order valence-electron chi connectivity index (χ2n) is 11.0. The molecule has 37 heavy (non-hydrogen) atoms. The van der Waals surface area contributed by atoms with E-state index in [0.717, 1.165) is 43.2 Å². The van der Waals surface area contributed by atoms with Crippen LogP contribution in [0.5, 0.6) is 0 Å². The number of carbonyl (C=O) groups is 4. The van der Waals surface area contributed by atoms with Gasteiger partial charge in [-0.2, -0.15) is 0 Å². The van der Waals surface area contributed by atoms with E-state index in [9.17, 15) is 19.2 Å². The lowest BCUT2D eigenvalue weighted by atomic mass is 9.87. The molecule has 0 spiro atoms. The number of benzene rings is 1. The average Bonchev–Trinajstić information content (AvgIpc) is 2.74. The Hall–Kier alpha value is -3.10. The number of primary amides is 1. The number of hydrogen-bond donors (Lipinski definition) is 3. The van der Waals surface area contributed by atoms with Crippen LogP contribution >= 0.6 is 0 Å². The van der Waals surface area contributed by atoms with Gasteiger partial charge in [0.25, 0.3) is 0 Å². The predicted octanol–water partition coefficient (Wildman–Crippen LogP) is 3.88. The fourth-order valence-electron chi connectivity index (χ4n) is 4.49. The summed E-state index contributed by atoms with van der Waals surface area (Å²) in [5.74, 6) is -1.27. The van der Waals surface area contributed by atoms with Crippen molar-refractivity contribution in [3.63, 3.8) is 0 Å². The number of alkyl carbamates (subject to hydrolysis) is 1. The molecule has 0 aliphatic heterocycles. The molecule has 2 rings (SSSR count). The van der Waals surface area contributed by atoms with Gasteiger partial charge >= 0.3 is 6.09 Å². The molecule has 1 fully saturated rings. The minimum Gasteiger partial charge on any atom is -0.444 e. The van der Waals surface area contributed by atoms with E-state index < -0.39 is 35.6 Å². The topological polar surface area (TPSA) is 131 Å². The van der Waals surface area contributed by atoms with E-state index in [-0.39, 0.29) is 30.8 Å². The highest BCUT2D eigenvalue weighted by molar-refractivity contribution is 5.93. The average molecular weight is 517 g/mol. The van der Waals surface area contributed by atoms with E-state index in [1.807, 2.05) is 38.1 Å². The Morgan fingerprint density at radius 1 is 1.11 bits per heavy atom. The minimum absolute atomic E-state index is 0.00494. The molecule has 3 atom stereocenters. The molecule has 9 heteroatoms. The standard InChI is InChI=1S/C28H44N4O5/c1-7-11-19(3)30-25(34)24(21-15-9-8-12-18(21)2)32(20-13-10-14-20)26(35)22(16-17-23(29)33)31-27(36)37-28(4,5)6/h8-9,12,15,19-20,22,24H,7,10-11,13-14,16-17H2,1-6H3,(H2,29,33)(H,30,34)(H,31,36). The summed E-state index contributed by atoms with van der Waals surface area (Å²) < 4.78 is 5.38. The SMILES string of the molecule is CCCC(C)NC(=O)C(c1ccccc1C)N(C(=O)C(CCC(N)=O)NC(=O)OC(C)(C)C)C1CCC1. The number of carbonyl (C=O) groups excluding carboxylic acids is 4. The minimum atomic E-state index is -1.07. The second kappa shape index (κ2) is 13.4. The third-order valence-corrected chi connectivity index (χ3v) is 6.51. The van der Waals surface area contributed by atoms with Gasteiger partial charge in [-0.1, -0.05) is 37.6 Å². The summed E-state index contributed by atoms with van der Waals surface area (Å²) in [6, 6.07) is 5.34. The van der Waals surface area contributed by atoms with Gasteiger partial charge < -0.3 is 26.0 Å². The molecular weight excluding hydrogens is 472 g/mol. The van der Waals surface area contributed by atoms with Crippen molar-refractivity contribution in [1.29, 1.82) is 0 Å². The Kier molecular flexibility index (Phi) is 10.9. The summed E-state index contributed by atoms with van der Waals surface area (Å²) in [7, 11) is 0. The number of nitrogens with zero attached hydrogens (tertiary/aromatic N) is 1. The highest BCUT2D eigenvalue weighted by Crippen LogP contribution is 2.35. The molecule has 0 saturated heterocycles. The highest BCUT2D eigenvalue weighted by atomic mass is 16.6. The van der Waals surface area contributed by atoms with Gasteiger partial charge in [-0.05, 0) is 77.8 Å². The van der Waals surface area contributed by atoms with E-state index in [4.69, 9.17) is 10.5 Å². The summed E-state index contributed by atoms with van der Waals surface area (Å²) >= 11 is 0. The first-order valence-electron chi connectivity index (χ1n) is 13.3. The molecule has 1 aromatic rings. The quantitative estimate of drug-likeness (QED) is 0.388. The molecule has 4 N–H and O–H groups in total. The van der Waals surface area contributed by atoms with Gasteiger partial charge in [-0.15, -0.1) is 0 Å². The van der Waals surface area contributed by atoms with Crippen molar-refractivity contribution in [2.24, 2.45) is 5.73 Å². The summed E-state index contributed by atoms with van der Waals surface area (Å²) in [6.07, 6.45) is 3.31.